The number of hydrogen-bond acceptors (Lipinski definition) is 7. The van der Waals surface area contributed by atoms with E-state index in [1.54, 1.807) is 12.4 Å². The molecule has 1 amide bonds. The van der Waals surface area contributed by atoms with Gasteiger partial charge in [0.15, 0.2) is 0 Å². The molecule has 5 aromatic rings. The molecule has 0 spiro atoms. The van der Waals surface area contributed by atoms with Crippen LogP contribution in [0, 0.1) is 5.92 Å². The molecule has 0 aliphatic carbocycles. The lowest BCUT2D eigenvalue weighted by Gasteiger charge is -2.28. The van der Waals surface area contributed by atoms with Crippen molar-refractivity contribution in [1.29, 1.82) is 0 Å². The molecule has 4 N–H and O–H groups in total. The molecule has 0 unspecified atom stereocenters. The Bertz CT molecular complexity index is 1660. The number of carbonyl (C=O) groups is 1. The molecule has 0 radical (unpaired) electrons. The van der Waals surface area contributed by atoms with Crippen molar-refractivity contribution in [3.8, 4) is 22.6 Å². The maximum Gasteiger partial charge on any atom is 0.224 e. The Morgan fingerprint density at radius 3 is 2.77 bits per heavy atom. The molecule has 7 rings (SSSR count). The minimum absolute atomic E-state index is 0.0311. The van der Waals surface area contributed by atoms with E-state index in [1.165, 1.54) is 19.3 Å². The fraction of sp³-hybridized carbons (Fsp3) is 0.367. The van der Waals surface area contributed by atoms with E-state index in [2.05, 4.69) is 41.8 Å². The number of piperidine rings is 2. The fourth-order valence-electron chi connectivity index (χ4n) is 5.98. The van der Waals surface area contributed by atoms with Gasteiger partial charge in [0.2, 0.25) is 5.91 Å². The van der Waals surface area contributed by atoms with Crippen LogP contribution >= 0.6 is 0 Å². The zero-order valence-electron chi connectivity index (χ0n) is 22.4. The number of carbonyl (C=O) groups excluding carboxylic acids is 1. The van der Waals surface area contributed by atoms with Gasteiger partial charge in [-0.05, 0) is 81.4 Å². The topological polar surface area (TPSA) is 128 Å². The first-order valence-electron chi connectivity index (χ1n) is 14.3. The first-order chi connectivity index (χ1) is 19.7. The second kappa shape index (κ2) is 10.7. The summed E-state index contributed by atoms with van der Waals surface area (Å²) in [6.07, 6.45) is 11.6. The van der Waals surface area contributed by atoms with E-state index in [1.807, 2.05) is 30.5 Å². The summed E-state index contributed by atoms with van der Waals surface area (Å²) in [5, 5.41) is 15.2. The van der Waals surface area contributed by atoms with Crippen molar-refractivity contribution < 1.29 is 4.79 Å². The molecule has 40 heavy (non-hydrogen) atoms. The molecule has 0 aromatic carbocycles. The van der Waals surface area contributed by atoms with E-state index in [-0.39, 0.29) is 5.91 Å². The molecular weight excluding hydrogens is 502 g/mol. The number of pyridine rings is 3. The van der Waals surface area contributed by atoms with Gasteiger partial charge in [-0.1, -0.05) is 0 Å². The van der Waals surface area contributed by atoms with Crippen LogP contribution in [0.15, 0.2) is 48.9 Å². The summed E-state index contributed by atoms with van der Waals surface area (Å²) in [6.45, 7) is 4.03. The number of fused-ring (bicyclic) bond motifs is 2. The Kier molecular flexibility index (Phi) is 6.60. The standard InChI is InChI=1S/C30H33N9O/c40-27(14-19-6-9-31-10-7-19)34-21-15-20(17-32-18-21)23-4-5-25-28(36-23)29(38-37-25)26-16-22-24(35-26)8-11-33-30(22)39-12-2-1-3-13-39/h4-5,8,11,15-19,31,35H,1-3,6-7,9-10,12-14H2,(H,34,40)(H,37,38). The largest absolute Gasteiger partial charge is 0.356 e. The maximum absolute atomic E-state index is 12.7. The third-order valence-electron chi connectivity index (χ3n) is 8.10. The number of aromatic amines is 2. The summed E-state index contributed by atoms with van der Waals surface area (Å²) in [4.78, 5) is 32.7. The number of nitrogens with one attached hydrogen (secondary N) is 4. The highest BCUT2D eigenvalue weighted by molar-refractivity contribution is 5.98. The van der Waals surface area contributed by atoms with Crippen LogP contribution in [-0.2, 0) is 4.79 Å². The third-order valence-corrected chi connectivity index (χ3v) is 8.10. The molecule has 10 nitrogen and oxygen atoms in total. The van der Waals surface area contributed by atoms with E-state index in [0.717, 1.165) is 89.4 Å². The van der Waals surface area contributed by atoms with Crippen molar-refractivity contribution in [1.82, 2.24) is 35.5 Å². The van der Waals surface area contributed by atoms with Crippen LogP contribution in [0.5, 0.6) is 0 Å². The van der Waals surface area contributed by atoms with Gasteiger partial charge in [-0.25, -0.2) is 9.97 Å². The van der Waals surface area contributed by atoms with Gasteiger partial charge in [0.25, 0.3) is 0 Å². The van der Waals surface area contributed by atoms with E-state index < -0.39 is 0 Å². The van der Waals surface area contributed by atoms with Gasteiger partial charge in [-0.2, -0.15) is 5.10 Å². The lowest BCUT2D eigenvalue weighted by molar-refractivity contribution is -0.117. The molecule has 5 aromatic heterocycles. The second-order valence-corrected chi connectivity index (χ2v) is 10.9. The number of aromatic nitrogens is 6. The Morgan fingerprint density at radius 2 is 1.90 bits per heavy atom. The average molecular weight is 536 g/mol. The lowest BCUT2D eigenvalue weighted by Crippen LogP contribution is -2.30. The van der Waals surface area contributed by atoms with Crippen LogP contribution in [0.25, 0.3) is 44.6 Å². The molecule has 7 heterocycles. The van der Waals surface area contributed by atoms with Crippen molar-refractivity contribution in [2.45, 2.75) is 38.5 Å². The second-order valence-electron chi connectivity index (χ2n) is 10.9. The SMILES string of the molecule is O=C(CC1CCNCC1)Nc1cncc(-c2ccc3[nH]nc(-c4cc5c(N6CCCCC6)nccc5[nH]4)c3n2)c1. The Balaban J connectivity index is 1.17. The quantitative estimate of drug-likeness (QED) is 0.244. The monoisotopic (exact) mass is 535 g/mol. The van der Waals surface area contributed by atoms with Crippen LogP contribution in [0.3, 0.4) is 0 Å². The zero-order valence-corrected chi connectivity index (χ0v) is 22.4. The van der Waals surface area contributed by atoms with Crippen LogP contribution < -0.4 is 15.5 Å². The molecular formula is C30H33N9O. The number of H-pyrrole nitrogens is 2. The summed E-state index contributed by atoms with van der Waals surface area (Å²) in [6, 6.07) is 10.0. The summed E-state index contributed by atoms with van der Waals surface area (Å²) in [7, 11) is 0. The molecule has 0 atom stereocenters. The van der Waals surface area contributed by atoms with E-state index >= 15 is 0 Å². The predicted octanol–water partition coefficient (Wildman–Crippen LogP) is 4.88. The number of nitrogens with zero attached hydrogens (tertiary/aromatic N) is 5. The van der Waals surface area contributed by atoms with E-state index in [4.69, 9.17) is 9.97 Å². The maximum atomic E-state index is 12.7. The molecule has 204 valence electrons. The minimum atomic E-state index is 0.0311. The predicted molar refractivity (Wildman–Crippen MR) is 157 cm³/mol. The highest BCUT2D eigenvalue weighted by Crippen LogP contribution is 2.33. The Morgan fingerprint density at radius 1 is 1.02 bits per heavy atom. The van der Waals surface area contributed by atoms with Gasteiger partial charge in [0.05, 0.1) is 34.3 Å². The highest BCUT2D eigenvalue weighted by Gasteiger charge is 2.20. The first-order valence-corrected chi connectivity index (χ1v) is 14.3. The molecule has 2 saturated heterocycles. The van der Waals surface area contributed by atoms with Crippen molar-refractivity contribution in [2.75, 3.05) is 36.4 Å². The normalized spacial score (nSPS) is 16.6. The Hall–Kier alpha value is -4.31. The summed E-state index contributed by atoms with van der Waals surface area (Å²) in [5.41, 5.74) is 6.61. The molecule has 2 aliphatic heterocycles. The number of anilines is 2. The van der Waals surface area contributed by atoms with Gasteiger partial charge < -0.3 is 20.5 Å². The van der Waals surface area contributed by atoms with Crippen molar-refractivity contribution >= 4 is 39.3 Å². The van der Waals surface area contributed by atoms with Crippen LogP contribution in [0.1, 0.15) is 38.5 Å². The van der Waals surface area contributed by atoms with Gasteiger partial charge >= 0.3 is 0 Å². The Labute approximate surface area is 232 Å². The molecule has 0 saturated carbocycles. The zero-order chi connectivity index (χ0) is 26.9. The van der Waals surface area contributed by atoms with Crippen molar-refractivity contribution in [3.63, 3.8) is 0 Å². The molecule has 2 fully saturated rings. The number of hydrogen-bond donors (Lipinski definition) is 4. The third kappa shape index (κ3) is 4.90. The van der Waals surface area contributed by atoms with Gasteiger partial charge in [0, 0.05) is 42.9 Å². The summed E-state index contributed by atoms with van der Waals surface area (Å²) >= 11 is 0. The van der Waals surface area contributed by atoms with Gasteiger partial charge in [-0.3, -0.25) is 14.9 Å². The number of rotatable bonds is 6. The molecule has 2 aliphatic rings. The minimum Gasteiger partial charge on any atom is -0.356 e. The molecule has 0 bridgehead atoms. The average Bonchev–Trinajstić information content (AvgIpc) is 3.62. The molecule has 10 heteroatoms. The van der Waals surface area contributed by atoms with Crippen LogP contribution in [0.4, 0.5) is 11.5 Å². The summed E-state index contributed by atoms with van der Waals surface area (Å²) in [5.74, 6) is 1.49. The highest BCUT2D eigenvalue weighted by atomic mass is 16.1. The van der Waals surface area contributed by atoms with Crippen molar-refractivity contribution in [2.24, 2.45) is 5.92 Å². The lowest BCUT2D eigenvalue weighted by atomic mass is 9.94. The smallest absolute Gasteiger partial charge is 0.224 e. The van der Waals surface area contributed by atoms with Crippen molar-refractivity contribution in [3.05, 3.63) is 48.9 Å². The first kappa shape index (κ1) is 24.7. The van der Waals surface area contributed by atoms with Crippen LogP contribution in [0.2, 0.25) is 0 Å². The number of amides is 1. The summed E-state index contributed by atoms with van der Waals surface area (Å²) < 4.78 is 0. The van der Waals surface area contributed by atoms with E-state index in [9.17, 15) is 4.79 Å². The van der Waals surface area contributed by atoms with Crippen LogP contribution in [-0.4, -0.2) is 62.2 Å². The van der Waals surface area contributed by atoms with Gasteiger partial charge in [0.1, 0.15) is 17.0 Å². The fourth-order valence-corrected chi connectivity index (χ4v) is 5.98. The van der Waals surface area contributed by atoms with E-state index in [0.29, 0.717) is 18.0 Å². The van der Waals surface area contributed by atoms with Gasteiger partial charge in [-0.15, -0.1) is 0 Å².